The van der Waals surface area contributed by atoms with E-state index in [0.29, 0.717) is 11.7 Å². The maximum atomic E-state index is 10.6. The lowest BCUT2D eigenvalue weighted by Crippen LogP contribution is -1.88. The van der Waals surface area contributed by atoms with Gasteiger partial charge in [0.2, 0.25) is 0 Å². The lowest BCUT2D eigenvalue weighted by molar-refractivity contribution is -0.117. The van der Waals surface area contributed by atoms with E-state index in [1.165, 1.54) is 0 Å². The van der Waals surface area contributed by atoms with Crippen LogP contribution in [0.25, 0.3) is 0 Å². The van der Waals surface area contributed by atoms with Crippen molar-refractivity contribution in [3.63, 3.8) is 0 Å². The Balaban J connectivity index is 0. The fraction of sp³-hybridized carbons (Fsp3) is 0.727. The Morgan fingerprint density at radius 1 is 1.33 bits per heavy atom. The molecule has 1 nitrogen and oxygen atoms in total. The number of ketones is 1. The van der Waals surface area contributed by atoms with E-state index in [2.05, 4.69) is 6.58 Å². The molecule has 1 fully saturated rings. The van der Waals surface area contributed by atoms with Crippen molar-refractivity contribution < 1.29 is 4.79 Å². The van der Waals surface area contributed by atoms with Crippen molar-refractivity contribution in [1.82, 2.24) is 0 Å². The van der Waals surface area contributed by atoms with Crippen LogP contribution in [0.2, 0.25) is 0 Å². The zero-order valence-electron chi connectivity index (χ0n) is 8.89. The van der Waals surface area contributed by atoms with Gasteiger partial charge in [-0.3, -0.25) is 4.79 Å². The summed E-state index contributed by atoms with van der Waals surface area (Å²) >= 11 is 0. The molecule has 0 aromatic heterocycles. The van der Waals surface area contributed by atoms with Crippen LogP contribution in [0, 0.1) is 5.92 Å². The zero-order chi connectivity index (χ0) is 9.98. The van der Waals surface area contributed by atoms with E-state index in [9.17, 15) is 4.79 Å². The highest BCUT2D eigenvalue weighted by molar-refractivity contribution is 5.80. The summed E-state index contributed by atoms with van der Waals surface area (Å²) in [4.78, 5) is 10.6. The molecule has 0 radical (unpaired) electrons. The molecule has 0 aliphatic heterocycles. The summed E-state index contributed by atoms with van der Waals surface area (Å²) < 4.78 is 0. The summed E-state index contributed by atoms with van der Waals surface area (Å²) in [5.74, 6) is 0.886. The molecule has 1 rings (SSSR count). The van der Waals surface area contributed by atoms with Gasteiger partial charge < -0.3 is 0 Å². The van der Waals surface area contributed by atoms with Gasteiger partial charge in [0.25, 0.3) is 0 Å². The highest BCUT2D eigenvalue weighted by atomic mass is 16.1. The van der Waals surface area contributed by atoms with Crippen molar-refractivity contribution in [3.8, 4) is 0 Å². The van der Waals surface area contributed by atoms with Crippen molar-refractivity contribution in [2.45, 2.75) is 47.0 Å². The third-order valence-electron chi connectivity index (χ3n) is 1.62. The number of Topliss-reactive ketones (excluding diaryl/α,β-unsaturated/α-hetero) is 1. The van der Waals surface area contributed by atoms with Crippen molar-refractivity contribution >= 4 is 5.78 Å². The van der Waals surface area contributed by atoms with Gasteiger partial charge in [-0.1, -0.05) is 33.8 Å². The largest absolute Gasteiger partial charge is 0.300 e. The van der Waals surface area contributed by atoms with Crippen LogP contribution < -0.4 is 0 Å². The van der Waals surface area contributed by atoms with Gasteiger partial charge in [-0.15, -0.1) is 6.58 Å². The highest BCUT2D eigenvalue weighted by Crippen LogP contribution is 2.21. The van der Waals surface area contributed by atoms with Gasteiger partial charge in [0.05, 0.1) is 0 Å². The Kier molecular flexibility index (Phi) is 12.1. The van der Waals surface area contributed by atoms with Gasteiger partial charge in [-0.2, -0.15) is 0 Å². The molecule has 0 aromatic carbocycles. The first-order chi connectivity index (χ1) is 5.83. The minimum atomic E-state index is 0.398. The predicted molar refractivity (Wildman–Crippen MR) is 55.2 cm³/mol. The minimum absolute atomic E-state index is 0.398. The molecule has 1 aliphatic carbocycles. The maximum absolute atomic E-state index is 10.6. The van der Waals surface area contributed by atoms with Gasteiger partial charge >= 0.3 is 0 Å². The van der Waals surface area contributed by atoms with E-state index in [0.717, 1.165) is 19.3 Å². The molecule has 0 spiro atoms. The van der Waals surface area contributed by atoms with Crippen LogP contribution in [0.4, 0.5) is 0 Å². The molecule has 0 saturated heterocycles. The molecule has 0 aromatic rings. The fourth-order valence-electron chi connectivity index (χ4n) is 1.04. The average Bonchev–Trinajstić information content (AvgIpc) is 2.58. The molecule has 0 amide bonds. The molecular formula is C11H22O. The predicted octanol–water partition coefficient (Wildman–Crippen LogP) is 3.59. The summed E-state index contributed by atoms with van der Waals surface area (Å²) in [6.45, 7) is 11.6. The quantitative estimate of drug-likeness (QED) is 0.550. The summed E-state index contributed by atoms with van der Waals surface area (Å²) in [6.07, 6.45) is 4.42. The molecule has 0 N–H and O–H groups in total. The molecule has 1 aliphatic rings. The summed E-state index contributed by atoms with van der Waals surface area (Å²) in [5, 5.41) is 0. The van der Waals surface area contributed by atoms with Crippen LogP contribution >= 0.6 is 0 Å². The fourth-order valence-corrected chi connectivity index (χ4v) is 1.04. The van der Waals surface area contributed by atoms with Crippen LogP contribution in [0.5, 0.6) is 0 Å². The molecule has 0 heterocycles. The Hall–Kier alpha value is -0.590. The Morgan fingerprint density at radius 2 is 1.83 bits per heavy atom. The van der Waals surface area contributed by atoms with Gasteiger partial charge in [0, 0.05) is 12.8 Å². The van der Waals surface area contributed by atoms with E-state index in [-0.39, 0.29) is 0 Å². The second kappa shape index (κ2) is 10.4. The first kappa shape index (κ1) is 14.0. The first-order valence-corrected chi connectivity index (χ1v) is 4.97. The Bertz CT molecular complexity index is 116. The lowest BCUT2D eigenvalue weighted by Gasteiger charge is -1.93. The third-order valence-corrected chi connectivity index (χ3v) is 1.62. The van der Waals surface area contributed by atoms with Crippen LogP contribution in [-0.2, 0) is 4.79 Å². The first-order valence-electron chi connectivity index (χ1n) is 4.97. The van der Waals surface area contributed by atoms with Gasteiger partial charge in [0.15, 0.2) is 0 Å². The molecule has 1 saturated carbocycles. The highest BCUT2D eigenvalue weighted by Gasteiger charge is 2.18. The summed E-state index contributed by atoms with van der Waals surface area (Å²) in [6, 6.07) is 0. The van der Waals surface area contributed by atoms with E-state index < -0.39 is 0 Å². The third kappa shape index (κ3) is 6.14. The second-order valence-corrected chi connectivity index (χ2v) is 2.28. The molecular weight excluding hydrogens is 148 g/mol. The van der Waals surface area contributed by atoms with Crippen molar-refractivity contribution in [2.24, 2.45) is 5.92 Å². The smallest absolute Gasteiger partial charge is 0.133 e. The van der Waals surface area contributed by atoms with Crippen molar-refractivity contribution in [1.29, 1.82) is 0 Å². The van der Waals surface area contributed by atoms with E-state index in [1.54, 1.807) is 0 Å². The SMILES string of the molecule is C=C[C@H]1CCC(=O)C1.CC.CC. The van der Waals surface area contributed by atoms with E-state index in [1.807, 2.05) is 33.8 Å². The summed E-state index contributed by atoms with van der Waals surface area (Å²) in [5.41, 5.74) is 0. The molecule has 1 heteroatoms. The normalized spacial score (nSPS) is 20.0. The molecule has 72 valence electrons. The zero-order valence-corrected chi connectivity index (χ0v) is 8.89. The molecule has 0 bridgehead atoms. The van der Waals surface area contributed by atoms with Gasteiger partial charge in [-0.25, -0.2) is 0 Å². The standard InChI is InChI=1S/C7H10O.2C2H6/c1-2-6-3-4-7(8)5-6;2*1-2/h2,6H,1,3-5H2;2*1-2H3/t6-;;/m0../s1. The van der Waals surface area contributed by atoms with Crippen LogP contribution in [0.3, 0.4) is 0 Å². The number of carbonyl (C=O) groups excluding carboxylic acids is 1. The molecule has 0 unspecified atom stereocenters. The maximum Gasteiger partial charge on any atom is 0.133 e. The van der Waals surface area contributed by atoms with Crippen LogP contribution in [0.15, 0.2) is 12.7 Å². The number of rotatable bonds is 1. The van der Waals surface area contributed by atoms with E-state index >= 15 is 0 Å². The van der Waals surface area contributed by atoms with Crippen molar-refractivity contribution in [2.75, 3.05) is 0 Å². The topological polar surface area (TPSA) is 17.1 Å². The van der Waals surface area contributed by atoms with Gasteiger partial charge in [-0.05, 0) is 12.3 Å². The Labute approximate surface area is 76.9 Å². The van der Waals surface area contributed by atoms with E-state index in [4.69, 9.17) is 0 Å². The summed E-state index contributed by atoms with van der Waals surface area (Å²) in [7, 11) is 0. The monoisotopic (exact) mass is 170 g/mol. The minimum Gasteiger partial charge on any atom is -0.300 e. The molecule has 12 heavy (non-hydrogen) atoms. The molecule has 1 atom stereocenters. The number of carbonyl (C=O) groups is 1. The Morgan fingerprint density at radius 3 is 2.00 bits per heavy atom. The van der Waals surface area contributed by atoms with Crippen molar-refractivity contribution in [3.05, 3.63) is 12.7 Å². The number of hydrogen-bond acceptors (Lipinski definition) is 1. The average molecular weight is 170 g/mol. The van der Waals surface area contributed by atoms with Crippen LogP contribution in [-0.4, -0.2) is 5.78 Å². The lowest BCUT2D eigenvalue weighted by atomic mass is 10.1. The van der Waals surface area contributed by atoms with Gasteiger partial charge in [0.1, 0.15) is 5.78 Å². The second-order valence-electron chi connectivity index (χ2n) is 2.28. The number of hydrogen-bond donors (Lipinski definition) is 0. The number of allylic oxidation sites excluding steroid dienone is 1. The van der Waals surface area contributed by atoms with Crippen LogP contribution in [0.1, 0.15) is 47.0 Å².